The van der Waals surface area contributed by atoms with Gasteiger partial charge in [-0.3, -0.25) is 0 Å². The van der Waals surface area contributed by atoms with Gasteiger partial charge in [-0.1, -0.05) is 22.0 Å². The van der Waals surface area contributed by atoms with Crippen molar-refractivity contribution >= 4 is 15.9 Å². The predicted octanol–water partition coefficient (Wildman–Crippen LogP) is 2.28. The summed E-state index contributed by atoms with van der Waals surface area (Å²) in [6, 6.07) is 5.12. The van der Waals surface area contributed by atoms with Gasteiger partial charge in [0.25, 0.3) is 0 Å². The second-order valence-electron chi connectivity index (χ2n) is 2.99. The molecule has 0 amide bonds. The molecule has 1 aromatic carbocycles. The summed E-state index contributed by atoms with van der Waals surface area (Å²) >= 11 is 3.35. The molecule has 1 aliphatic rings. The first-order valence-electron chi connectivity index (χ1n) is 3.93. The van der Waals surface area contributed by atoms with E-state index in [0.29, 0.717) is 5.92 Å². The Hall–Kier alpha value is -0.410. The van der Waals surface area contributed by atoms with Gasteiger partial charge in [0.15, 0.2) is 0 Å². The van der Waals surface area contributed by atoms with E-state index in [1.54, 1.807) is 6.07 Å². The minimum atomic E-state index is -0.101. The molecule has 0 radical (unpaired) electrons. The standard InChI is InChI=1S/C9H9BrFN/c10-7-2-1-3-8(11)9(7)6-4-12-5-6/h1-3,6,12H,4-5H2. The van der Waals surface area contributed by atoms with Crippen molar-refractivity contribution in [1.82, 2.24) is 5.32 Å². The summed E-state index contributed by atoms with van der Waals surface area (Å²) in [7, 11) is 0. The molecule has 0 saturated carbocycles. The van der Waals surface area contributed by atoms with E-state index < -0.39 is 0 Å². The zero-order chi connectivity index (χ0) is 8.55. The molecule has 0 aliphatic carbocycles. The van der Waals surface area contributed by atoms with Crippen molar-refractivity contribution in [2.45, 2.75) is 5.92 Å². The van der Waals surface area contributed by atoms with E-state index >= 15 is 0 Å². The molecule has 1 fully saturated rings. The smallest absolute Gasteiger partial charge is 0.127 e. The van der Waals surface area contributed by atoms with Gasteiger partial charge >= 0.3 is 0 Å². The second kappa shape index (κ2) is 3.15. The third-order valence-corrected chi connectivity index (χ3v) is 2.88. The number of hydrogen-bond acceptors (Lipinski definition) is 1. The maximum Gasteiger partial charge on any atom is 0.127 e. The van der Waals surface area contributed by atoms with Crippen LogP contribution in [0.2, 0.25) is 0 Å². The molecule has 1 nitrogen and oxygen atoms in total. The van der Waals surface area contributed by atoms with Crippen LogP contribution < -0.4 is 5.32 Å². The van der Waals surface area contributed by atoms with Crippen LogP contribution in [0.25, 0.3) is 0 Å². The van der Waals surface area contributed by atoms with E-state index in [1.165, 1.54) is 6.07 Å². The molecule has 0 aromatic heterocycles. The fraction of sp³-hybridized carbons (Fsp3) is 0.333. The van der Waals surface area contributed by atoms with Crippen LogP contribution in [-0.2, 0) is 0 Å². The van der Waals surface area contributed by atoms with Gasteiger partial charge in [0, 0.05) is 29.0 Å². The summed E-state index contributed by atoms with van der Waals surface area (Å²) in [5, 5.41) is 3.13. The molecule has 2 rings (SSSR count). The van der Waals surface area contributed by atoms with Crippen LogP contribution in [0.3, 0.4) is 0 Å². The van der Waals surface area contributed by atoms with Crippen molar-refractivity contribution in [3.63, 3.8) is 0 Å². The van der Waals surface area contributed by atoms with Gasteiger partial charge in [0.1, 0.15) is 5.82 Å². The average Bonchev–Trinajstić information content (AvgIpc) is 1.93. The molecule has 1 saturated heterocycles. The van der Waals surface area contributed by atoms with E-state index in [4.69, 9.17) is 0 Å². The summed E-state index contributed by atoms with van der Waals surface area (Å²) in [5.41, 5.74) is 0.816. The monoisotopic (exact) mass is 229 g/mol. The Morgan fingerprint density at radius 1 is 1.42 bits per heavy atom. The number of rotatable bonds is 1. The summed E-state index contributed by atoms with van der Waals surface area (Å²) < 4.78 is 14.1. The lowest BCUT2D eigenvalue weighted by molar-refractivity contribution is 0.429. The van der Waals surface area contributed by atoms with Crippen LogP contribution in [0.5, 0.6) is 0 Å². The molecule has 1 N–H and O–H groups in total. The maximum atomic E-state index is 13.3. The van der Waals surface area contributed by atoms with Crippen LogP contribution in [0.1, 0.15) is 11.5 Å². The van der Waals surface area contributed by atoms with Crippen molar-refractivity contribution in [2.75, 3.05) is 13.1 Å². The van der Waals surface area contributed by atoms with Crippen molar-refractivity contribution in [2.24, 2.45) is 0 Å². The number of halogens is 2. The molecule has 0 atom stereocenters. The van der Waals surface area contributed by atoms with Gasteiger partial charge in [-0.2, -0.15) is 0 Å². The van der Waals surface area contributed by atoms with E-state index in [-0.39, 0.29) is 5.82 Å². The summed E-state index contributed by atoms with van der Waals surface area (Å²) in [6.07, 6.45) is 0. The van der Waals surface area contributed by atoms with Gasteiger partial charge in [0.2, 0.25) is 0 Å². The second-order valence-corrected chi connectivity index (χ2v) is 3.84. The quantitative estimate of drug-likeness (QED) is 0.780. The van der Waals surface area contributed by atoms with Crippen LogP contribution >= 0.6 is 15.9 Å². The summed E-state index contributed by atoms with van der Waals surface area (Å²) in [4.78, 5) is 0. The minimum absolute atomic E-state index is 0.101. The van der Waals surface area contributed by atoms with Crippen molar-refractivity contribution < 1.29 is 4.39 Å². The molecule has 1 aliphatic heterocycles. The average molecular weight is 230 g/mol. The summed E-state index contributed by atoms with van der Waals surface area (Å²) in [5.74, 6) is 0.247. The number of benzene rings is 1. The zero-order valence-electron chi connectivity index (χ0n) is 6.48. The molecule has 0 bridgehead atoms. The SMILES string of the molecule is Fc1cccc(Br)c1C1CNC1. The van der Waals surface area contributed by atoms with Crippen LogP contribution in [0, 0.1) is 5.82 Å². The zero-order valence-corrected chi connectivity index (χ0v) is 8.07. The highest BCUT2D eigenvalue weighted by Gasteiger charge is 2.23. The van der Waals surface area contributed by atoms with Crippen molar-refractivity contribution in [1.29, 1.82) is 0 Å². The van der Waals surface area contributed by atoms with Crippen molar-refractivity contribution in [3.8, 4) is 0 Å². The molecule has 1 aromatic rings. The first-order valence-corrected chi connectivity index (χ1v) is 4.73. The Morgan fingerprint density at radius 2 is 2.17 bits per heavy atom. The highest BCUT2D eigenvalue weighted by molar-refractivity contribution is 9.10. The highest BCUT2D eigenvalue weighted by atomic mass is 79.9. The normalized spacial score (nSPS) is 17.5. The molecular formula is C9H9BrFN. The van der Waals surface area contributed by atoms with Gasteiger partial charge in [-0.05, 0) is 12.1 Å². The van der Waals surface area contributed by atoms with Gasteiger partial charge in [-0.15, -0.1) is 0 Å². The molecular weight excluding hydrogens is 221 g/mol. The Labute approximate surface area is 79.1 Å². The fourth-order valence-corrected chi connectivity index (χ4v) is 2.06. The lowest BCUT2D eigenvalue weighted by Gasteiger charge is -2.28. The largest absolute Gasteiger partial charge is 0.315 e. The topological polar surface area (TPSA) is 12.0 Å². The Balaban J connectivity index is 2.39. The summed E-state index contributed by atoms with van der Waals surface area (Å²) in [6.45, 7) is 1.78. The lowest BCUT2D eigenvalue weighted by Crippen LogP contribution is -2.40. The van der Waals surface area contributed by atoms with Crippen LogP contribution in [0.4, 0.5) is 4.39 Å². The fourth-order valence-electron chi connectivity index (χ4n) is 1.39. The lowest BCUT2D eigenvalue weighted by atomic mass is 9.93. The molecule has 64 valence electrons. The Bertz CT molecular complexity index is 276. The molecule has 0 spiro atoms. The molecule has 3 heteroatoms. The van der Waals surface area contributed by atoms with Crippen LogP contribution in [-0.4, -0.2) is 13.1 Å². The van der Waals surface area contributed by atoms with Gasteiger partial charge in [-0.25, -0.2) is 4.39 Å². The van der Waals surface area contributed by atoms with Crippen molar-refractivity contribution in [3.05, 3.63) is 34.1 Å². The van der Waals surface area contributed by atoms with Gasteiger partial charge in [0.05, 0.1) is 0 Å². The predicted molar refractivity (Wildman–Crippen MR) is 49.7 cm³/mol. The van der Waals surface area contributed by atoms with Crippen LogP contribution in [0.15, 0.2) is 22.7 Å². The first-order chi connectivity index (χ1) is 5.79. The highest BCUT2D eigenvalue weighted by Crippen LogP contribution is 2.29. The van der Waals surface area contributed by atoms with E-state index in [1.807, 2.05) is 6.07 Å². The third kappa shape index (κ3) is 1.27. The first kappa shape index (κ1) is 8.20. The minimum Gasteiger partial charge on any atom is -0.315 e. The number of nitrogens with one attached hydrogen (secondary N) is 1. The van der Waals surface area contributed by atoms with E-state index in [0.717, 1.165) is 23.1 Å². The molecule has 12 heavy (non-hydrogen) atoms. The molecule has 1 heterocycles. The van der Waals surface area contributed by atoms with E-state index in [9.17, 15) is 4.39 Å². The Morgan fingerprint density at radius 3 is 2.67 bits per heavy atom. The Kier molecular flexibility index (Phi) is 2.15. The maximum absolute atomic E-state index is 13.3. The number of hydrogen-bond donors (Lipinski definition) is 1. The third-order valence-electron chi connectivity index (χ3n) is 2.19. The van der Waals surface area contributed by atoms with E-state index in [2.05, 4.69) is 21.2 Å². The van der Waals surface area contributed by atoms with Gasteiger partial charge < -0.3 is 5.32 Å². The molecule has 0 unspecified atom stereocenters.